The molecular weight excluding hydrogens is 354 g/mol. The lowest BCUT2D eigenvalue weighted by molar-refractivity contribution is 0.0681. The highest BCUT2D eigenvalue weighted by molar-refractivity contribution is 7.90. The summed E-state index contributed by atoms with van der Waals surface area (Å²) >= 11 is 0. The van der Waals surface area contributed by atoms with Crippen LogP contribution in [0.1, 0.15) is 33.6 Å². The molecule has 0 bridgehead atoms. The van der Waals surface area contributed by atoms with Crippen LogP contribution in [0.15, 0.2) is 30.3 Å². The maximum atomic E-state index is 12.9. The zero-order valence-corrected chi connectivity index (χ0v) is 15.3. The summed E-state index contributed by atoms with van der Waals surface area (Å²) in [4.78, 5) is 26.0. The normalized spacial score (nSPS) is 18.0. The van der Waals surface area contributed by atoms with Gasteiger partial charge in [-0.05, 0) is 35.6 Å². The van der Waals surface area contributed by atoms with Crippen molar-refractivity contribution in [1.82, 2.24) is 4.90 Å². The number of aldehydes is 1. The molecule has 0 radical (unpaired) electrons. The first-order valence-electron chi connectivity index (χ1n) is 8.47. The van der Waals surface area contributed by atoms with E-state index < -0.39 is 9.84 Å². The van der Waals surface area contributed by atoms with Gasteiger partial charge in [0.15, 0.2) is 6.29 Å². The van der Waals surface area contributed by atoms with Crippen molar-refractivity contribution in [1.29, 1.82) is 0 Å². The SMILES string of the molecule is CS(=O)(=O)CC1CCCN(C(=O)c2cc3ccccc3c(C=O)c2O)C1. The summed E-state index contributed by atoms with van der Waals surface area (Å²) in [7, 11) is -3.12. The van der Waals surface area contributed by atoms with Gasteiger partial charge in [-0.1, -0.05) is 24.3 Å². The Bertz CT molecular complexity index is 967. The minimum Gasteiger partial charge on any atom is -0.506 e. The molecule has 1 unspecified atom stereocenters. The van der Waals surface area contributed by atoms with Gasteiger partial charge < -0.3 is 10.0 Å². The number of sulfone groups is 1. The third-order valence-electron chi connectivity index (χ3n) is 4.75. The molecule has 26 heavy (non-hydrogen) atoms. The third-order valence-corrected chi connectivity index (χ3v) is 5.83. The molecule has 6 nitrogen and oxygen atoms in total. The average Bonchev–Trinajstić information content (AvgIpc) is 2.59. The number of carbonyl (C=O) groups is 2. The van der Waals surface area contributed by atoms with Gasteiger partial charge >= 0.3 is 0 Å². The molecular formula is C19H21NO5S. The first-order chi connectivity index (χ1) is 12.3. The van der Waals surface area contributed by atoms with Crippen LogP contribution in [0.3, 0.4) is 0 Å². The van der Waals surface area contributed by atoms with Crippen LogP contribution in [0.4, 0.5) is 0 Å². The maximum absolute atomic E-state index is 12.9. The summed E-state index contributed by atoms with van der Waals surface area (Å²) in [5.74, 6) is -0.778. The Morgan fingerprint density at radius 3 is 2.77 bits per heavy atom. The number of hydrogen-bond acceptors (Lipinski definition) is 5. The second kappa shape index (κ2) is 7.07. The van der Waals surface area contributed by atoms with E-state index in [1.54, 1.807) is 35.2 Å². The first kappa shape index (κ1) is 18.4. The largest absolute Gasteiger partial charge is 0.506 e. The summed E-state index contributed by atoms with van der Waals surface area (Å²) < 4.78 is 23.1. The van der Waals surface area contributed by atoms with Crippen molar-refractivity contribution in [2.45, 2.75) is 12.8 Å². The number of piperidine rings is 1. The molecule has 0 spiro atoms. The molecule has 7 heteroatoms. The number of benzene rings is 2. The van der Waals surface area contributed by atoms with Gasteiger partial charge in [0.2, 0.25) is 0 Å². The topological polar surface area (TPSA) is 91.8 Å². The summed E-state index contributed by atoms with van der Waals surface area (Å²) in [5.41, 5.74) is 0.168. The number of nitrogens with zero attached hydrogens (tertiary/aromatic N) is 1. The van der Waals surface area contributed by atoms with E-state index in [2.05, 4.69) is 0 Å². The Kier molecular flexibility index (Phi) is 5.00. The van der Waals surface area contributed by atoms with Crippen molar-refractivity contribution >= 4 is 32.8 Å². The number of rotatable bonds is 4. The maximum Gasteiger partial charge on any atom is 0.257 e. The van der Waals surface area contributed by atoms with Gasteiger partial charge in [0.25, 0.3) is 5.91 Å². The number of phenols is 1. The van der Waals surface area contributed by atoms with Gasteiger partial charge in [-0.3, -0.25) is 9.59 Å². The highest BCUT2D eigenvalue weighted by atomic mass is 32.2. The Hall–Kier alpha value is -2.41. The lowest BCUT2D eigenvalue weighted by atomic mass is 9.96. The van der Waals surface area contributed by atoms with Gasteiger partial charge in [-0.25, -0.2) is 8.42 Å². The van der Waals surface area contributed by atoms with E-state index in [9.17, 15) is 23.1 Å². The molecule has 3 rings (SSSR count). The summed E-state index contributed by atoms with van der Waals surface area (Å²) in [6, 6.07) is 8.64. The molecule has 1 fully saturated rings. The summed E-state index contributed by atoms with van der Waals surface area (Å²) in [6.45, 7) is 0.830. The van der Waals surface area contributed by atoms with E-state index in [1.807, 2.05) is 0 Å². The zero-order valence-electron chi connectivity index (χ0n) is 14.5. The van der Waals surface area contributed by atoms with Crippen LogP contribution in [0, 0.1) is 5.92 Å². The monoisotopic (exact) mass is 375 g/mol. The molecule has 0 aromatic heterocycles. The molecule has 1 amide bonds. The van der Waals surface area contributed by atoms with Crippen LogP contribution >= 0.6 is 0 Å². The van der Waals surface area contributed by atoms with Crippen molar-refractivity contribution in [2.24, 2.45) is 5.92 Å². The molecule has 0 aliphatic carbocycles. The predicted octanol–water partition coefficient (Wildman–Crippen LogP) is 2.25. The molecule has 0 saturated carbocycles. The lowest BCUT2D eigenvalue weighted by Gasteiger charge is -2.32. The minimum atomic E-state index is -3.12. The molecule has 1 saturated heterocycles. The highest BCUT2D eigenvalue weighted by Crippen LogP contribution is 2.32. The smallest absolute Gasteiger partial charge is 0.257 e. The molecule has 2 aromatic carbocycles. The van der Waals surface area contributed by atoms with Crippen molar-refractivity contribution < 1.29 is 23.1 Å². The van der Waals surface area contributed by atoms with Crippen molar-refractivity contribution in [2.75, 3.05) is 25.1 Å². The zero-order chi connectivity index (χ0) is 18.9. The first-order valence-corrected chi connectivity index (χ1v) is 10.5. The van der Waals surface area contributed by atoms with Gasteiger partial charge in [0.05, 0.1) is 16.9 Å². The van der Waals surface area contributed by atoms with Crippen molar-refractivity contribution in [3.05, 3.63) is 41.5 Å². The Morgan fingerprint density at radius 1 is 1.35 bits per heavy atom. The van der Waals surface area contributed by atoms with Crippen LogP contribution in [0.2, 0.25) is 0 Å². The third kappa shape index (κ3) is 3.72. The standard InChI is InChI=1S/C19H21NO5S/c1-26(24,25)12-13-5-4-8-20(10-13)19(23)16-9-14-6-2-3-7-15(14)17(11-21)18(16)22/h2-3,6-7,9,11,13,22H,4-5,8,10,12H2,1H3. The number of hydrogen-bond donors (Lipinski definition) is 1. The average molecular weight is 375 g/mol. The van der Waals surface area contributed by atoms with Gasteiger partial charge in [0.1, 0.15) is 15.6 Å². The van der Waals surface area contributed by atoms with E-state index in [0.717, 1.165) is 6.42 Å². The van der Waals surface area contributed by atoms with Crippen LogP contribution in [-0.2, 0) is 9.84 Å². The van der Waals surface area contributed by atoms with Gasteiger partial charge in [-0.2, -0.15) is 0 Å². The number of likely N-dealkylation sites (tertiary alicyclic amines) is 1. The Labute approximate surface area is 152 Å². The van der Waals surface area contributed by atoms with Gasteiger partial charge in [0, 0.05) is 19.3 Å². The Balaban J connectivity index is 1.94. The molecule has 1 heterocycles. The second-order valence-electron chi connectivity index (χ2n) is 6.88. The quantitative estimate of drug-likeness (QED) is 0.828. The molecule has 1 aliphatic rings. The van der Waals surface area contributed by atoms with E-state index in [0.29, 0.717) is 36.6 Å². The second-order valence-corrected chi connectivity index (χ2v) is 9.06. The van der Waals surface area contributed by atoms with Crippen LogP contribution in [0.25, 0.3) is 10.8 Å². The van der Waals surface area contributed by atoms with Crippen LogP contribution < -0.4 is 0 Å². The fourth-order valence-corrected chi connectivity index (χ4v) is 4.76. The summed E-state index contributed by atoms with van der Waals surface area (Å²) in [5, 5.41) is 11.7. The number of aromatic hydroxyl groups is 1. The molecule has 1 N–H and O–H groups in total. The fraction of sp³-hybridized carbons (Fsp3) is 0.368. The van der Waals surface area contributed by atoms with Gasteiger partial charge in [-0.15, -0.1) is 0 Å². The fourth-order valence-electron chi connectivity index (χ4n) is 3.63. The van der Waals surface area contributed by atoms with E-state index in [4.69, 9.17) is 0 Å². The van der Waals surface area contributed by atoms with Crippen LogP contribution in [0.5, 0.6) is 5.75 Å². The molecule has 2 aromatic rings. The number of carbonyl (C=O) groups excluding carboxylic acids is 2. The predicted molar refractivity (Wildman–Crippen MR) is 99.3 cm³/mol. The molecule has 1 atom stereocenters. The molecule has 138 valence electrons. The highest BCUT2D eigenvalue weighted by Gasteiger charge is 2.29. The summed E-state index contributed by atoms with van der Waals surface area (Å²) in [6.07, 6.45) is 3.21. The van der Waals surface area contributed by atoms with Crippen LogP contribution in [-0.4, -0.2) is 55.7 Å². The number of amides is 1. The number of phenolic OH excluding ortho intramolecular Hbond substituents is 1. The van der Waals surface area contributed by atoms with Crippen molar-refractivity contribution in [3.63, 3.8) is 0 Å². The van der Waals surface area contributed by atoms with Crippen molar-refractivity contribution in [3.8, 4) is 5.75 Å². The van der Waals surface area contributed by atoms with E-state index in [1.165, 1.54) is 6.26 Å². The minimum absolute atomic E-state index is 0.0417. The number of fused-ring (bicyclic) bond motifs is 1. The van der Waals surface area contributed by atoms with E-state index in [-0.39, 0.29) is 34.5 Å². The van der Waals surface area contributed by atoms with E-state index >= 15 is 0 Å². The Morgan fingerprint density at radius 2 is 2.08 bits per heavy atom. The molecule has 1 aliphatic heterocycles. The lowest BCUT2D eigenvalue weighted by Crippen LogP contribution is -2.41.